The van der Waals surface area contributed by atoms with E-state index in [0.29, 0.717) is 17.5 Å². The Bertz CT molecular complexity index is 554. The number of benzene rings is 1. The number of nitrogens with two attached hydrogens (primary N) is 1. The lowest BCUT2D eigenvalue weighted by Gasteiger charge is -2.09. The van der Waals surface area contributed by atoms with Gasteiger partial charge in [0.05, 0.1) is 11.6 Å². The molecule has 18 heavy (non-hydrogen) atoms. The van der Waals surface area contributed by atoms with Crippen molar-refractivity contribution >= 4 is 33.3 Å². The van der Waals surface area contributed by atoms with Crippen molar-refractivity contribution < 1.29 is 4.74 Å². The topological polar surface area (TPSA) is 73.1 Å². The van der Waals surface area contributed by atoms with E-state index in [9.17, 15) is 0 Å². The molecule has 0 spiro atoms. The van der Waals surface area contributed by atoms with Crippen molar-refractivity contribution in [1.29, 1.82) is 0 Å². The number of aryl methyl sites for hydroxylation is 1. The normalized spacial score (nSPS) is 10.2. The van der Waals surface area contributed by atoms with Crippen LogP contribution in [0.2, 0.25) is 0 Å². The molecule has 1 heterocycles. The van der Waals surface area contributed by atoms with Gasteiger partial charge in [0.25, 0.3) is 0 Å². The fraction of sp³-hybridized carbons (Fsp3) is 0.167. The number of aromatic nitrogens is 2. The molecule has 1 aromatic carbocycles. The summed E-state index contributed by atoms with van der Waals surface area (Å²) in [5, 5.41) is 3.16. The van der Waals surface area contributed by atoms with E-state index in [4.69, 9.17) is 10.5 Å². The number of hydrogen-bond acceptors (Lipinski definition) is 5. The number of nitrogens with one attached hydrogen (secondary N) is 1. The monoisotopic (exact) mass is 308 g/mol. The van der Waals surface area contributed by atoms with Crippen LogP contribution >= 0.6 is 15.9 Å². The van der Waals surface area contributed by atoms with Gasteiger partial charge in [0.15, 0.2) is 0 Å². The summed E-state index contributed by atoms with van der Waals surface area (Å²) in [6.07, 6.45) is 0. The lowest BCUT2D eigenvalue weighted by molar-refractivity contribution is 0.412. The van der Waals surface area contributed by atoms with Crippen LogP contribution in [0.25, 0.3) is 0 Å². The largest absolute Gasteiger partial charge is 0.496 e. The van der Waals surface area contributed by atoms with Gasteiger partial charge in [-0.05, 0) is 41.1 Å². The number of hydrogen-bond donors (Lipinski definition) is 2. The zero-order valence-electron chi connectivity index (χ0n) is 10.1. The van der Waals surface area contributed by atoms with Gasteiger partial charge in [0.2, 0.25) is 0 Å². The van der Waals surface area contributed by atoms with Crippen LogP contribution in [0.1, 0.15) is 5.82 Å². The van der Waals surface area contributed by atoms with Crippen LogP contribution in [-0.4, -0.2) is 17.1 Å². The smallest absolute Gasteiger partial charge is 0.136 e. The predicted octanol–water partition coefficient (Wildman–Crippen LogP) is 2.88. The average Bonchev–Trinajstić information content (AvgIpc) is 2.27. The van der Waals surface area contributed by atoms with Crippen LogP contribution in [0.5, 0.6) is 5.75 Å². The van der Waals surface area contributed by atoms with Crippen LogP contribution in [0.3, 0.4) is 0 Å². The highest BCUT2D eigenvalue weighted by molar-refractivity contribution is 9.10. The third kappa shape index (κ3) is 2.89. The van der Waals surface area contributed by atoms with E-state index in [1.54, 1.807) is 20.1 Å². The summed E-state index contributed by atoms with van der Waals surface area (Å²) in [7, 11) is 1.63. The number of anilines is 3. The lowest BCUT2D eigenvalue weighted by atomic mass is 10.3. The highest BCUT2D eigenvalue weighted by Gasteiger charge is 2.03. The molecule has 3 N–H and O–H groups in total. The molecule has 0 unspecified atom stereocenters. The quantitative estimate of drug-likeness (QED) is 0.912. The minimum absolute atomic E-state index is 0.442. The first-order valence-corrected chi connectivity index (χ1v) is 6.09. The van der Waals surface area contributed by atoms with Crippen molar-refractivity contribution in [3.63, 3.8) is 0 Å². The fourth-order valence-electron chi connectivity index (χ4n) is 1.55. The molecule has 0 aliphatic heterocycles. The van der Waals surface area contributed by atoms with Gasteiger partial charge in [0.1, 0.15) is 23.2 Å². The molecule has 2 aromatic rings. The molecule has 0 bridgehead atoms. The molecule has 0 aliphatic carbocycles. The third-order valence-corrected chi connectivity index (χ3v) is 2.90. The molecule has 2 rings (SSSR count). The first kappa shape index (κ1) is 12.6. The van der Waals surface area contributed by atoms with E-state index in [0.717, 1.165) is 15.9 Å². The highest BCUT2D eigenvalue weighted by atomic mass is 79.9. The molecule has 94 valence electrons. The van der Waals surface area contributed by atoms with Crippen LogP contribution in [0.15, 0.2) is 28.7 Å². The first-order valence-electron chi connectivity index (χ1n) is 5.30. The van der Waals surface area contributed by atoms with Gasteiger partial charge in [-0.1, -0.05) is 0 Å². The van der Waals surface area contributed by atoms with Crippen molar-refractivity contribution in [2.75, 3.05) is 18.2 Å². The Morgan fingerprint density at radius 3 is 2.67 bits per heavy atom. The number of ether oxygens (including phenoxy) is 1. The van der Waals surface area contributed by atoms with E-state index in [1.807, 2.05) is 18.2 Å². The van der Waals surface area contributed by atoms with E-state index < -0.39 is 0 Å². The van der Waals surface area contributed by atoms with Crippen LogP contribution in [-0.2, 0) is 0 Å². The Hall–Kier alpha value is -1.82. The molecule has 1 aromatic heterocycles. The van der Waals surface area contributed by atoms with Gasteiger partial charge >= 0.3 is 0 Å². The average molecular weight is 309 g/mol. The number of halogens is 1. The van der Waals surface area contributed by atoms with E-state index in [-0.39, 0.29) is 0 Å². The summed E-state index contributed by atoms with van der Waals surface area (Å²) in [6, 6.07) is 7.36. The Morgan fingerprint density at radius 2 is 2.06 bits per heavy atom. The lowest BCUT2D eigenvalue weighted by Crippen LogP contribution is -2.00. The van der Waals surface area contributed by atoms with Crippen molar-refractivity contribution in [2.24, 2.45) is 0 Å². The Kier molecular flexibility index (Phi) is 3.66. The van der Waals surface area contributed by atoms with Gasteiger partial charge in [0, 0.05) is 11.8 Å². The molecule has 0 atom stereocenters. The summed E-state index contributed by atoms with van der Waals surface area (Å²) >= 11 is 3.43. The standard InChI is InChI=1S/C12H13BrN4O/c1-7-15-11(14)6-12(16-7)17-8-3-4-10(18-2)9(13)5-8/h3-6H,1-2H3,(H3,14,15,16,17). The molecular formula is C12H13BrN4O. The maximum Gasteiger partial charge on any atom is 0.136 e. The summed E-state index contributed by atoms with van der Waals surface area (Å²) in [4.78, 5) is 8.27. The second-order valence-electron chi connectivity index (χ2n) is 3.70. The molecule has 0 radical (unpaired) electrons. The molecule has 0 saturated carbocycles. The second-order valence-corrected chi connectivity index (χ2v) is 4.55. The second kappa shape index (κ2) is 5.22. The minimum atomic E-state index is 0.442. The fourth-order valence-corrected chi connectivity index (χ4v) is 2.09. The molecule has 0 amide bonds. The van der Waals surface area contributed by atoms with Crippen LogP contribution in [0, 0.1) is 6.92 Å². The predicted molar refractivity (Wildman–Crippen MR) is 75.2 cm³/mol. The summed E-state index contributed by atoms with van der Waals surface area (Å²) < 4.78 is 6.04. The molecular weight excluding hydrogens is 296 g/mol. The summed E-state index contributed by atoms with van der Waals surface area (Å²) in [5.41, 5.74) is 6.56. The van der Waals surface area contributed by atoms with Gasteiger partial charge in [-0.25, -0.2) is 9.97 Å². The van der Waals surface area contributed by atoms with Crippen LogP contribution in [0.4, 0.5) is 17.3 Å². The summed E-state index contributed by atoms with van der Waals surface area (Å²) in [5.74, 6) is 2.51. The zero-order valence-corrected chi connectivity index (χ0v) is 11.7. The maximum atomic E-state index is 5.67. The van der Waals surface area contributed by atoms with E-state index >= 15 is 0 Å². The Labute approximate surface area is 114 Å². The minimum Gasteiger partial charge on any atom is -0.496 e. The van der Waals surface area contributed by atoms with Crippen molar-refractivity contribution in [3.8, 4) is 5.75 Å². The highest BCUT2D eigenvalue weighted by Crippen LogP contribution is 2.29. The summed E-state index contributed by atoms with van der Waals surface area (Å²) in [6.45, 7) is 1.80. The number of nitrogen functional groups attached to an aromatic ring is 1. The number of rotatable bonds is 3. The van der Waals surface area contributed by atoms with Crippen molar-refractivity contribution in [3.05, 3.63) is 34.6 Å². The SMILES string of the molecule is COc1ccc(Nc2cc(N)nc(C)n2)cc1Br. The van der Waals surface area contributed by atoms with Crippen LogP contribution < -0.4 is 15.8 Å². The number of nitrogens with zero attached hydrogens (tertiary/aromatic N) is 2. The molecule has 0 fully saturated rings. The van der Waals surface area contributed by atoms with Gasteiger partial charge < -0.3 is 15.8 Å². The Morgan fingerprint density at radius 1 is 1.28 bits per heavy atom. The van der Waals surface area contributed by atoms with Gasteiger partial charge in [-0.2, -0.15) is 0 Å². The van der Waals surface area contributed by atoms with E-state index in [2.05, 4.69) is 31.2 Å². The molecule has 0 aliphatic rings. The first-order chi connectivity index (χ1) is 8.58. The van der Waals surface area contributed by atoms with Crippen molar-refractivity contribution in [1.82, 2.24) is 9.97 Å². The van der Waals surface area contributed by atoms with Gasteiger partial charge in [-0.3, -0.25) is 0 Å². The molecule has 6 heteroatoms. The maximum absolute atomic E-state index is 5.67. The molecule has 0 saturated heterocycles. The number of methoxy groups -OCH3 is 1. The zero-order chi connectivity index (χ0) is 13.1. The Balaban J connectivity index is 2.25. The third-order valence-electron chi connectivity index (χ3n) is 2.28. The van der Waals surface area contributed by atoms with E-state index in [1.165, 1.54) is 0 Å². The molecule has 5 nitrogen and oxygen atoms in total. The van der Waals surface area contributed by atoms with Crippen molar-refractivity contribution in [2.45, 2.75) is 6.92 Å². The van der Waals surface area contributed by atoms with Gasteiger partial charge in [-0.15, -0.1) is 0 Å².